The largest absolute Gasteiger partial charge is 0.469 e. The van der Waals surface area contributed by atoms with Gasteiger partial charge in [0.15, 0.2) is 0 Å². The van der Waals surface area contributed by atoms with Crippen LogP contribution in [0.4, 0.5) is 0 Å². The first-order valence-corrected chi connectivity index (χ1v) is 8.63. The molecule has 1 aliphatic heterocycles. The lowest BCUT2D eigenvalue weighted by Crippen LogP contribution is -2.51. The Labute approximate surface area is 136 Å². The number of H-pyrrole nitrogens is 1. The number of nitrogens with one attached hydrogen (secondary N) is 1. The Bertz CT molecular complexity index is 736. The number of methoxy groups -OCH3 is 1. The van der Waals surface area contributed by atoms with Gasteiger partial charge in [-0.3, -0.25) is 9.69 Å². The molecule has 1 N–H and O–H groups in total. The van der Waals surface area contributed by atoms with E-state index in [-0.39, 0.29) is 11.9 Å². The van der Waals surface area contributed by atoms with Gasteiger partial charge in [0.1, 0.15) is 0 Å². The molecule has 1 aromatic heterocycles. The molecule has 1 aromatic carbocycles. The summed E-state index contributed by atoms with van der Waals surface area (Å²) < 4.78 is 5.05. The first kappa shape index (κ1) is 14.8. The number of piperidine rings is 1. The molecule has 2 heterocycles. The molecule has 4 nitrogen and oxygen atoms in total. The maximum Gasteiger partial charge on any atom is 0.309 e. The van der Waals surface area contributed by atoms with Crippen molar-refractivity contribution in [1.29, 1.82) is 0 Å². The average molecular weight is 312 g/mol. The number of hydrogen-bond acceptors (Lipinski definition) is 3. The van der Waals surface area contributed by atoms with E-state index in [1.165, 1.54) is 29.1 Å². The normalized spacial score (nSPS) is 27.0. The van der Waals surface area contributed by atoms with E-state index in [9.17, 15) is 4.79 Å². The zero-order chi connectivity index (χ0) is 16.0. The summed E-state index contributed by atoms with van der Waals surface area (Å²) in [5, 5.41) is 1.38. The molecular weight excluding hydrogens is 288 g/mol. The first-order valence-electron chi connectivity index (χ1n) is 8.63. The minimum absolute atomic E-state index is 0.0106. The summed E-state index contributed by atoms with van der Waals surface area (Å²) in [5.74, 6) is 0.353. The molecule has 0 saturated carbocycles. The Morgan fingerprint density at radius 3 is 3.09 bits per heavy atom. The van der Waals surface area contributed by atoms with E-state index in [1.54, 1.807) is 0 Å². The van der Waals surface area contributed by atoms with Crippen LogP contribution < -0.4 is 0 Å². The van der Waals surface area contributed by atoms with Gasteiger partial charge in [0, 0.05) is 35.6 Å². The highest BCUT2D eigenvalue weighted by Gasteiger charge is 2.42. The lowest BCUT2D eigenvalue weighted by molar-refractivity contribution is -0.148. The number of carbonyl (C=O) groups excluding carboxylic acids is 1. The molecule has 4 heteroatoms. The first-order chi connectivity index (χ1) is 11.2. The van der Waals surface area contributed by atoms with Crippen LogP contribution in [-0.2, 0) is 16.0 Å². The third kappa shape index (κ3) is 2.27. The van der Waals surface area contributed by atoms with Gasteiger partial charge in [-0.25, -0.2) is 0 Å². The van der Waals surface area contributed by atoms with Crippen LogP contribution in [0.3, 0.4) is 0 Å². The zero-order valence-electron chi connectivity index (χ0n) is 13.8. The molecular formula is C19H24N2O2. The number of benzene rings is 1. The Morgan fingerprint density at radius 2 is 2.30 bits per heavy atom. The molecule has 1 aliphatic carbocycles. The summed E-state index contributed by atoms with van der Waals surface area (Å²) in [4.78, 5) is 18.1. The highest BCUT2D eigenvalue weighted by molar-refractivity contribution is 5.88. The van der Waals surface area contributed by atoms with Crippen molar-refractivity contribution in [3.63, 3.8) is 0 Å². The monoisotopic (exact) mass is 312 g/mol. The molecule has 2 aromatic rings. The molecule has 4 rings (SSSR count). The Balaban J connectivity index is 1.77. The van der Waals surface area contributed by atoms with Crippen molar-refractivity contribution in [3.8, 4) is 0 Å². The number of hydrogen-bond donors (Lipinski definition) is 1. The third-order valence-electron chi connectivity index (χ3n) is 5.62. The van der Waals surface area contributed by atoms with Crippen LogP contribution in [0.1, 0.15) is 36.8 Å². The van der Waals surface area contributed by atoms with Crippen molar-refractivity contribution in [3.05, 3.63) is 35.5 Å². The molecule has 1 saturated heterocycles. The summed E-state index contributed by atoms with van der Waals surface area (Å²) in [6.07, 6.45) is 5.26. The molecule has 122 valence electrons. The minimum Gasteiger partial charge on any atom is -0.469 e. The number of ether oxygens (including phenoxy) is 1. The van der Waals surface area contributed by atoms with E-state index in [2.05, 4.69) is 41.2 Å². The highest BCUT2D eigenvalue weighted by Crippen LogP contribution is 2.44. The lowest BCUT2D eigenvalue weighted by atomic mass is 9.72. The molecule has 1 fully saturated rings. The van der Waals surface area contributed by atoms with Gasteiger partial charge in [-0.05, 0) is 43.0 Å². The number of aromatic amines is 1. The van der Waals surface area contributed by atoms with Gasteiger partial charge in [-0.2, -0.15) is 0 Å². The van der Waals surface area contributed by atoms with Gasteiger partial charge in [-0.15, -0.1) is 0 Å². The Kier molecular flexibility index (Phi) is 3.64. The molecule has 2 aliphatic rings. The van der Waals surface area contributed by atoms with Crippen LogP contribution in [-0.4, -0.2) is 42.1 Å². The van der Waals surface area contributed by atoms with Crippen molar-refractivity contribution in [2.24, 2.45) is 5.92 Å². The minimum atomic E-state index is -0.0587. The topological polar surface area (TPSA) is 45.3 Å². The quantitative estimate of drug-likeness (QED) is 0.886. The molecule has 0 bridgehead atoms. The smallest absolute Gasteiger partial charge is 0.309 e. The maximum atomic E-state index is 12.2. The molecule has 23 heavy (non-hydrogen) atoms. The van der Waals surface area contributed by atoms with Gasteiger partial charge in [0.2, 0.25) is 0 Å². The van der Waals surface area contributed by atoms with Crippen molar-refractivity contribution in [2.75, 3.05) is 20.2 Å². The summed E-state index contributed by atoms with van der Waals surface area (Å²) in [6, 6.07) is 7.03. The summed E-state index contributed by atoms with van der Waals surface area (Å²) in [5.41, 5.74) is 4.05. The van der Waals surface area contributed by atoms with Crippen LogP contribution in [0.2, 0.25) is 0 Å². The SMILES string of the molecule is CCCN1C[C@@H](C(=O)OC)CC2c3cccc4[nH]cc(c34)C[C@H]21. The fraction of sp³-hybridized carbons (Fsp3) is 0.526. The van der Waals surface area contributed by atoms with Crippen molar-refractivity contribution < 1.29 is 9.53 Å². The summed E-state index contributed by atoms with van der Waals surface area (Å²) in [6.45, 7) is 4.09. The number of likely N-dealkylation sites (tertiary alicyclic amines) is 1. The second-order valence-electron chi connectivity index (χ2n) is 6.91. The highest BCUT2D eigenvalue weighted by atomic mass is 16.5. The fourth-order valence-electron chi connectivity index (χ4n) is 4.68. The number of carbonyl (C=O) groups is 1. The van der Waals surface area contributed by atoms with Crippen LogP contribution in [0.15, 0.2) is 24.4 Å². The Morgan fingerprint density at radius 1 is 1.43 bits per heavy atom. The van der Waals surface area contributed by atoms with Gasteiger partial charge < -0.3 is 9.72 Å². The zero-order valence-corrected chi connectivity index (χ0v) is 13.8. The second kappa shape index (κ2) is 5.68. The van der Waals surface area contributed by atoms with Crippen molar-refractivity contribution in [2.45, 2.75) is 38.1 Å². The molecule has 0 radical (unpaired) electrons. The van der Waals surface area contributed by atoms with Gasteiger partial charge in [0.25, 0.3) is 0 Å². The maximum absolute atomic E-state index is 12.2. The van der Waals surface area contributed by atoms with E-state index in [1.807, 2.05) is 0 Å². The average Bonchev–Trinajstić information content (AvgIpc) is 2.99. The van der Waals surface area contributed by atoms with Crippen LogP contribution in [0.5, 0.6) is 0 Å². The standard InChI is InChI=1S/C19H24N2O2/c1-3-7-21-11-13(19(22)23-2)8-15-14-5-4-6-16-18(14)12(10-20-16)9-17(15)21/h4-6,10,13,15,17,20H,3,7-9,11H2,1-2H3/t13-,15?,17+/m0/s1. The van der Waals surface area contributed by atoms with Gasteiger partial charge in [0.05, 0.1) is 13.0 Å². The second-order valence-corrected chi connectivity index (χ2v) is 6.91. The lowest BCUT2D eigenvalue weighted by Gasteiger charge is -2.46. The van der Waals surface area contributed by atoms with E-state index in [0.717, 1.165) is 32.4 Å². The summed E-state index contributed by atoms with van der Waals surface area (Å²) in [7, 11) is 1.50. The van der Waals surface area contributed by atoms with Crippen LogP contribution in [0, 0.1) is 5.92 Å². The molecule has 1 unspecified atom stereocenters. The van der Waals surface area contributed by atoms with E-state index >= 15 is 0 Å². The van der Waals surface area contributed by atoms with Crippen molar-refractivity contribution in [1.82, 2.24) is 9.88 Å². The fourth-order valence-corrected chi connectivity index (χ4v) is 4.68. The Hall–Kier alpha value is -1.81. The number of nitrogens with zero attached hydrogens (tertiary/aromatic N) is 1. The van der Waals surface area contributed by atoms with E-state index in [0.29, 0.717) is 12.0 Å². The molecule has 3 atom stereocenters. The van der Waals surface area contributed by atoms with E-state index < -0.39 is 0 Å². The number of fused-ring (bicyclic) bond motifs is 2. The molecule has 0 amide bonds. The summed E-state index contributed by atoms with van der Waals surface area (Å²) >= 11 is 0. The van der Waals surface area contributed by atoms with Crippen LogP contribution >= 0.6 is 0 Å². The predicted molar refractivity (Wildman–Crippen MR) is 90.5 cm³/mol. The third-order valence-corrected chi connectivity index (χ3v) is 5.62. The van der Waals surface area contributed by atoms with Gasteiger partial charge in [-0.1, -0.05) is 19.1 Å². The molecule has 0 spiro atoms. The van der Waals surface area contributed by atoms with Gasteiger partial charge >= 0.3 is 5.97 Å². The number of rotatable bonds is 3. The van der Waals surface area contributed by atoms with E-state index in [4.69, 9.17) is 4.74 Å². The predicted octanol–water partition coefficient (Wildman–Crippen LogP) is 3.08. The number of esters is 1. The number of aromatic nitrogens is 1. The van der Waals surface area contributed by atoms with Crippen molar-refractivity contribution >= 4 is 16.9 Å². The van der Waals surface area contributed by atoms with Crippen LogP contribution in [0.25, 0.3) is 10.9 Å².